The van der Waals surface area contributed by atoms with Crippen molar-refractivity contribution < 1.29 is 4.79 Å². The fourth-order valence-corrected chi connectivity index (χ4v) is 2.40. The number of rotatable bonds is 1. The molecular formula is C17H18N2O. The summed E-state index contributed by atoms with van der Waals surface area (Å²) < 4.78 is 0. The monoisotopic (exact) mass is 266 g/mol. The summed E-state index contributed by atoms with van der Waals surface area (Å²) in [5, 5.41) is 2.98. The molecule has 0 fully saturated rings. The molecule has 0 atom stereocenters. The highest BCUT2D eigenvalue weighted by atomic mass is 16.2. The minimum atomic E-state index is -0.385. The van der Waals surface area contributed by atoms with Gasteiger partial charge < -0.3 is 5.32 Å². The molecule has 2 aromatic rings. The van der Waals surface area contributed by atoms with Gasteiger partial charge in [0.2, 0.25) is 5.91 Å². The predicted molar refractivity (Wildman–Crippen MR) is 80.6 cm³/mol. The number of amides is 1. The van der Waals surface area contributed by atoms with Crippen molar-refractivity contribution in [2.75, 3.05) is 5.32 Å². The second-order valence-electron chi connectivity index (χ2n) is 6.26. The van der Waals surface area contributed by atoms with Crippen molar-refractivity contribution in [1.29, 1.82) is 0 Å². The lowest BCUT2D eigenvalue weighted by Crippen LogP contribution is -2.27. The summed E-state index contributed by atoms with van der Waals surface area (Å²) >= 11 is 0. The Bertz CT molecular complexity index is 684. The van der Waals surface area contributed by atoms with Gasteiger partial charge in [-0.05, 0) is 29.3 Å². The number of carbonyl (C=O) groups is 1. The fraction of sp³-hybridized carbons (Fsp3) is 0.294. The minimum Gasteiger partial charge on any atom is -0.326 e. The van der Waals surface area contributed by atoms with Crippen LogP contribution < -0.4 is 5.32 Å². The normalized spacial score (nSPS) is 12.8. The standard InChI is InChI=1S/C17H18N2O/c1-17(2,3)16(20)19-13-6-7-14-12(10-13)9-11-5-4-8-18-15(11)14/h4-8,10H,9H2,1-3H3,(H,19,20). The number of benzene rings is 1. The molecule has 1 aliphatic rings. The second kappa shape index (κ2) is 4.44. The van der Waals surface area contributed by atoms with Gasteiger partial charge in [-0.1, -0.05) is 32.9 Å². The van der Waals surface area contributed by atoms with Crippen LogP contribution in [0.2, 0.25) is 0 Å². The number of hydrogen-bond donors (Lipinski definition) is 1. The van der Waals surface area contributed by atoms with E-state index in [1.54, 1.807) is 0 Å². The van der Waals surface area contributed by atoms with Crippen molar-refractivity contribution in [3.63, 3.8) is 0 Å². The summed E-state index contributed by atoms with van der Waals surface area (Å²) in [4.78, 5) is 16.5. The first kappa shape index (κ1) is 12.9. The summed E-state index contributed by atoms with van der Waals surface area (Å²) in [6, 6.07) is 10.1. The van der Waals surface area contributed by atoms with Crippen LogP contribution in [0.5, 0.6) is 0 Å². The molecule has 0 saturated carbocycles. The lowest BCUT2D eigenvalue weighted by Gasteiger charge is -2.18. The van der Waals surface area contributed by atoms with Gasteiger partial charge in [-0.15, -0.1) is 0 Å². The highest BCUT2D eigenvalue weighted by Crippen LogP contribution is 2.36. The van der Waals surface area contributed by atoms with E-state index >= 15 is 0 Å². The van der Waals surface area contributed by atoms with Gasteiger partial charge in [0.25, 0.3) is 0 Å². The van der Waals surface area contributed by atoms with Crippen molar-refractivity contribution in [2.24, 2.45) is 5.41 Å². The molecule has 1 amide bonds. The molecule has 3 heteroatoms. The smallest absolute Gasteiger partial charge is 0.229 e. The average Bonchev–Trinajstić information content (AvgIpc) is 2.75. The van der Waals surface area contributed by atoms with E-state index in [2.05, 4.69) is 22.4 Å². The van der Waals surface area contributed by atoms with E-state index in [0.717, 1.165) is 17.8 Å². The van der Waals surface area contributed by atoms with E-state index in [0.29, 0.717) is 0 Å². The number of pyridine rings is 1. The summed E-state index contributed by atoms with van der Waals surface area (Å²) in [6.07, 6.45) is 2.71. The van der Waals surface area contributed by atoms with E-state index < -0.39 is 0 Å². The van der Waals surface area contributed by atoms with E-state index in [1.165, 1.54) is 16.7 Å². The Balaban J connectivity index is 1.90. The van der Waals surface area contributed by atoms with Crippen LogP contribution in [-0.4, -0.2) is 10.9 Å². The molecule has 3 nitrogen and oxygen atoms in total. The van der Waals surface area contributed by atoms with E-state index in [1.807, 2.05) is 45.2 Å². The SMILES string of the molecule is CC(C)(C)C(=O)Nc1ccc2c(c1)Cc1cccnc1-2. The van der Waals surface area contributed by atoms with Crippen LogP contribution in [0.15, 0.2) is 36.5 Å². The number of hydrogen-bond acceptors (Lipinski definition) is 2. The molecule has 0 aliphatic heterocycles. The van der Waals surface area contributed by atoms with Crippen LogP contribution in [0.25, 0.3) is 11.3 Å². The molecule has 20 heavy (non-hydrogen) atoms. The van der Waals surface area contributed by atoms with Crippen LogP contribution in [0, 0.1) is 5.41 Å². The molecular weight excluding hydrogens is 248 g/mol. The van der Waals surface area contributed by atoms with Gasteiger partial charge in [0.05, 0.1) is 5.69 Å². The number of aromatic nitrogens is 1. The number of nitrogens with one attached hydrogen (secondary N) is 1. The third-order valence-corrected chi connectivity index (χ3v) is 3.57. The topological polar surface area (TPSA) is 42.0 Å². The first-order chi connectivity index (χ1) is 9.45. The predicted octanol–water partition coefficient (Wildman–Crippen LogP) is 3.64. The Morgan fingerprint density at radius 2 is 2.00 bits per heavy atom. The molecule has 0 spiro atoms. The molecule has 0 bridgehead atoms. The summed E-state index contributed by atoms with van der Waals surface area (Å²) in [6.45, 7) is 5.74. The molecule has 1 heterocycles. The van der Waals surface area contributed by atoms with Gasteiger partial charge in [-0.2, -0.15) is 0 Å². The third kappa shape index (κ3) is 2.20. The lowest BCUT2D eigenvalue weighted by molar-refractivity contribution is -0.123. The molecule has 1 N–H and O–H groups in total. The molecule has 1 aliphatic carbocycles. The number of fused-ring (bicyclic) bond motifs is 3. The quantitative estimate of drug-likeness (QED) is 0.730. The maximum atomic E-state index is 12.0. The van der Waals surface area contributed by atoms with Gasteiger partial charge in [0.15, 0.2) is 0 Å². The van der Waals surface area contributed by atoms with Crippen molar-refractivity contribution in [2.45, 2.75) is 27.2 Å². The Kier molecular flexibility index (Phi) is 2.85. The zero-order valence-electron chi connectivity index (χ0n) is 12.0. The average molecular weight is 266 g/mol. The summed E-state index contributed by atoms with van der Waals surface area (Å²) in [5.41, 5.74) is 5.19. The van der Waals surface area contributed by atoms with Gasteiger partial charge in [-0.25, -0.2) is 0 Å². The Labute approximate surface area is 119 Å². The zero-order valence-corrected chi connectivity index (χ0v) is 12.0. The first-order valence-electron chi connectivity index (χ1n) is 6.84. The molecule has 1 aromatic heterocycles. The minimum absolute atomic E-state index is 0.0334. The van der Waals surface area contributed by atoms with E-state index in [4.69, 9.17) is 0 Å². The number of carbonyl (C=O) groups excluding carboxylic acids is 1. The largest absolute Gasteiger partial charge is 0.326 e. The van der Waals surface area contributed by atoms with E-state index in [9.17, 15) is 4.79 Å². The fourth-order valence-electron chi connectivity index (χ4n) is 2.40. The van der Waals surface area contributed by atoms with Gasteiger partial charge in [0.1, 0.15) is 0 Å². The molecule has 102 valence electrons. The van der Waals surface area contributed by atoms with Crippen LogP contribution in [-0.2, 0) is 11.2 Å². The van der Waals surface area contributed by atoms with Crippen molar-refractivity contribution in [1.82, 2.24) is 4.98 Å². The van der Waals surface area contributed by atoms with Crippen LogP contribution in [0.1, 0.15) is 31.9 Å². The number of nitrogens with zero attached hydrogens (tertiary/aromatic N) is 1. The van der Waals surface area contributed by atoms with Crippen molar-refractivity contribution in [3.05, 3.63) is 47.7 Å². The van der Waals surface area contributed by atoms with Crippen LogP contribution in [0.3, 0.4) is 0 Å². The second-order valence-corrected chi connectivity index (χ2v) is 6.26. The first-order valence-corrected chi connectivity index (χ1v) is 6.84. The molecule has 0 unspecified atom stereocenters. The molecule has 1 aromatic carbocycles. The number of anilines is 1. The van der Waals surface area contributed by atoms with Crippen molar-refractivity contribution in [3.8, 4) is 11.3 Å². The maximum absolute atomic E-state index is 12.0. The molecule has 0 radical (unpaired) electrons. The molecule has 3 rings (SSSR count). The molecule has 0 saturated heterocycles. The maximum Gasteiger partial charge on any atom is 0.229 e. The van der Waals surface area contributed by atoms with Gasteiger partial charge >= 0.3 is 0 Å². The third-order valence-electron chi connectivity index (χ3n) is 3.57. The zero-order chi connectivity index (χ0) is 14.3. The Morgan fingerprint density at radius 1 is 1.20 bits per heavy atom. The van der Waals surface area contributed by atoms with Crippen LogP contribution >= 0.6 is 0 Å². The highest BCUT2D eigenvalue weighted by molar-refractivity contribution is 5.95. The summed E-state index contributed by atoms with van der Waals surface area (Å²) in [7, 11) is 0. The van der Waals surface area contributed by atoms with Gasteiger partial charge in [0, 0.05) is 29.3 Å². The van der Waals surface area contributed by atoms with Crippen LogP contribution in [0.4, 0.5) is 5.69 Å². The summed E-state index contributed by atoms with van der Waals surface area (Å²) in [5.74, 6) is 0.0334. The van der Waals surface area contributed by atoms with Gasteiger partial charge in [-0.3, -0.25) is 9.78 Å². The van der Waals surface area contributed by atoms with Crippen molar-refractivity contribution >= 4 is 11.6 Å². The van der Waals surface area contributed by atoms with E-state index in [-0.39, 0.29) is 11.3 Å². The Hall–Kier alpha value is -2.16. The Morgan fingerprint density at radius 3 is 2.75 bits per heavy atom. The highest BCUT2D eigenvalue weighted by Gasteiger charge is 2.23. The lowest BCUT2D eigenvalue weighted by atomic mass is 9.95.